The number of nitro groups is 1. The fraction of sp³-hybridized carbons (Fsp3) is 0.333. The molecule has 0 amide bonds. The molecule has 5 nitrogen and oxygen atoms in total. The predicted octanol–water partition coefficient (Wildman–Crippen LogP) is 4.09. The van der Waals surface area contributed by atoms with E-state index in [1.807, 2.05) is 0 Å². The molecule has 0 atom stereocenters. The summed E-state index contributed by atoms with van der Waals surface area (Å²) in [6.45, 7) is 2.68. The first-order chi connectivity index (χ1) is 7.33. The Labute approximate surface area is 102 Å². The third-order valence-corrected chi connectivity index (χ3v) is 2.31. The normalized spacial score (nSPS) is 12.0. The molecule has 1 aromatic carbocycles. The van der Waals surface area contributed by atoms with Gasteiger partial charge in [0, 0.05) is 18.9 Å². The van der Waals surface area contributed by atoms with E-state index >= 15 is 0 Å². The summed E-state index contributed by atoms with van der Waals surface area (Å²) in [5, 5.41) is 18.7. The largest absolute Gasteiger partial charge is 0.324 e. The minimum absolute atomic E-state index is 0.309. The molecule has 0 saturated heterocycles. The van der Waals surface area contributed by atoms with Crippen molar-refractivity contribution in [1.29, 1.82) is 0 Å². The minimum atomic E-state index is -1.48. The van der Waals surface area contributed by atoms with Gasteiger partial charge < -0.3 is 0 Å². The molecule has 0 aliphatic carbocycles. The third kappa shape index (κ3) is 3.15. The zero-order valence-corrected chi connectivity index (χ0v) is 10.2. The molecule has 16 heavy (non-hydrogen) atoms. The Morgan fingerprint density at radius 1 is 1.38 bits per heavy atom. The van der Waals surface area contributed by atoms with Crippen molar-refractivity contribution in [2.45, 2.75) is 19.5 Å². The molecule has 1 aromatic rings. The van der Waals surface area contributed by atoms with E-state index in [0.717, 1.165) is 0 Å². The first kappa shape index (κ1) is 12.9. The molecule has 0 aliphatic rings. The highest BCUT2D eigenvalue weighted by Crippen LogP contribution is 2.29. The number of rotatable bonds is 3. The van der Waals surface area contributed by atoms with E-state index in [4.69, 9.17) is 23.2 Å². The van der Waals surface area contributed by atoms with Gasteiger partial charge in [0.1, 0.15) is 5.69 Å². The summed E-state index contributed by atoms with van der Waals surface area (Å²) in [6, 6.07) is 4.64. The zero-order chi connectivity index (χ0) is 12.3. The van der Waals surface area contributed by atoms with Crippen molar-refractivity contribution in [3.05, 3.63) is 38.4 Å². The van der Waals surface area contributed by atoms with Gasteiger partial charge in [-0.2, -0.15) is 0 Å². The molecule has 0 unspecified atom stereocenters. The van der Waals surface area contributed by atoms with Crippen molar-refractivity contribution < 1.29 is 4.92 Å². The van der Waals surface area contributed by atoms with Crippen LogP contribution in [0.15, 0.2) is 28.4 Å². The van der Waals surface area contributed by atoms with Crippen molar-refractivity contribution in [2.24, 2.45) is 10.2 Å². The molecule has 1 rings (SSSR count). The SMILES string of the molecule is CC(C)(N=Nc1cc(Cl)ccc1Cl)[N+](=O)[O-]. The van der Waals surface area contributed by atoms with Crippen LogP contribution in [-0.2, 0) is 0 Å². The van der Waals surface area contributed by atoms with E-state index in [1.54, 1.807) is 12.1 Å². The van der Waals surface area contributed by atoms with Crippen molar-refractivity contribution in [2.75, 3.05) is 0 Å². The molecule has 0 spiro atoms. The summed E-state index contributed by atoms with van der Waals surface area (Å²) in [5.74, 6) is 0. The van der Waals surface area contributed by atoms with Crippen LogP contribution in [0.4, 0.5) is 5.69 Å². The van der Waals surface area contributed by atoms with Gasteiger partial charge in [-0.3, -0.25) is 10.1 Å². The van der Waals surface area contributed by atoms with Gasteiger partial charge in [-0.05, 0) is 18.2 Å². The first-order valence-corrected chi connectivity index (χ1v) is 5.11. The summed E-state index contributed by atoms with van der Waals surface area (Å²) in [5.41, 5.74) is -1.17. The smallest absolute Gasteiger partial charge is 0.262 e. The van der Waals surface area contributed by atoms with Gasteiger partial charge >= 0.3 is 5.66 Å². The summed E-state index contributed by atoms with van der Waals surface area (Å²) in [6.07, 6.45) is 0. The summed E-state index contributed by atoms with van der Waals surface area (Å²) >= 11 is 11.6. The molecule has 0 bridgehead atoms. The van der Waals surface area contributed by atoms with E-state index in [2.05, 4.69) is 10.2 Å². The van der Waals surface area contributed by atoms with Crippen LogP contribution in [0.3, 0.4) is 0 Å². The van der Waals surface area contributed by atoms with Gasteiger partial charge in [0.05, 0.1) is 9.95 Å². The molecular weight excluding hydrogens is 253 g/mol. The van der Waals surface area contributed by atoms with Crippen LogP contribution in [0.1, 0.15) is 13.8 Å². The zero-order valence-electron chi connectivity index (χ0n) is 8.65. The van der Waals surface area contributed by atoms with Crippen LogP contribution in [-0.4, -0.2) is 10.6 Å². The number of hydrogen-bond acceptors (Lipinski definition) is 4. The van der Waals surface area contributed by atoms with Gasteiger partial charge in [-0.15, -0.1) is 10.2 Å². The Morgan fingerprint density at radius 2 is 2.00 bits per heavy atom. The molecule has 0 aliphatic heterocycles. The fourth-order valence-electron chi connectivity index (χ4n) is 0.775. The molecule has 0 N–H and O–H groups in total. The van der Waals surface area contributed by atoms with E-state index < -0.39 is 10.6 Å². The molecule has 0 saturated carbocycles. The summed E-state index contributed by atoms with van der Waals surface area (Å²) in [7, 11) is 0. The second-order valence-electron chi connectivity index (χ2n) is 3.55. The molecule has 0 heterocycles. The lowest BCUT2D eigenvalue weighted by atomic mass is 10.3. The number of nitrogens with zero attached hydrogens (tertiary/aromatic N) is 3. The van der Waals surface area contributed by atoms with E-state index in [-0.39, 0.29) is 0 Å². The minimum Gasteiger partial charge on any atom is -0.262 e. The van der Waals surface area contributed by atoms with Crippen LogP contribution < -0.4 is 0 Å². The van der Waals surface area contributed by atoms with Gasteiger partial charge in [-0.25, -0.2) is 0 Å². The Morgan fingerprint density at radius 3 is 2.56 bits per heavy atom. The molecule has 0 radical (unpaired) electrons. The van der Waals surface area contributed by atoms with E-state index in [9.17, 15) is 10.1 Å². The Bertz CT molecular complexity index is 446. The molecular formula is C9H9Cl2N3O2. The molecule has 7 heteroatoms. The number of benzene rings is 1. The highest BCUT2D eigenvalue weighted by Gasteiger charge is 2.29. The van der Waals surface area contributed by atoms with Crippen molar-refractivity contribution >= 4 is 28.9 Å². The maximum Gasteiger partial charge on any atom is 0.324 e. The molecule has 0 fully saturated rings. The molecule has 86 valence electrons. The van der Waals surface area contributed by atoms with Crippen molar-refractivity contribution in [3.63, 3.8) is 0 Å². The highest BCUT2D eigenvalue weighted by atomic mass is 35.5. The Balaban J connectivity index is 3.00. The second kappa shape index (κ2) is 4.76. The summed E-state index contributed by atoms with van der Waals surface area (Å²) < 4.78 is 0. The maximum atomic E-state index is 10.6. The van der Waals surface area contributed by atoms with Gasteiger partial charge in [-0.1, -0.05) is 23.2 Å². The van der Waals surface area contributed by atoms with E-state index in [0.29, 0.717) is 15.7 Å². The number of halogens is 2. The summed E-state index contributed by atoms with van der Waals surface area (Å²) in [4.78, 5) is 10.1. The topological polar surface area (TPSA) is 67.9 Å². The average Bonchev–Trinajstić information content (AvgIpc) is 2.19. The fourth-order valence-corrected chi connectivity index (χ4v) is 1.10. The van der Waals surface area contributed by atoms with Gasteiger partial charge in [0.2, 0.25) is 0 Å². The lowest BCUT2D eigenvalue weighted by Crippen LogP contribution is -2.27. The number of hydrogen-bond donors (Lipinski definition) is 0. The standard InChI is InChI=1S/C9H9Cl2N3O2/c1-9(2,14(15)16)13-12-8-5-6(10)3-4-7(8)11/h3-5H,1-2H3. The van der Waals surface area contributed by atoms with Crippen LogP contribution in [0.5, 0.6) is 0 Å². The number of azo groups is 1. The van der Waals surface area contributed by atoms with Crippen LogP contribution in [0.25, 0.3) is 0 Å². The molecule has 0 aromatic heterocycles. The van der Waals surface area contributed by atoms with Gasteiger partial charge in [0.25, 0.3) is 0 Å². The quantitative estimate of drug-likeness (QED) is 0.467. The van der Waals surface area contributed by atoms with Crippen LogP contribution in [0, 0.1) is 10.1 Å². The van der Waals surface area contributed by atoms with Gasteiger partial charge in [0.15, 0.2) is 0 Å². The lowest BCUT2D eigenvalue weighted by Gasteiger charge is -2.07. The van der Waals surface area contributed by atoms with Crippen molar-refractivity contribution in [3.8, 4) is 0 Å². The third-order valence-electron chi connectivity index (χ3n) is 1.76. The Kier molecular flexibility index (Phi) is 3.83. The Hall–Kier alpha value is -1.20. The lowest BCUT2D eigenvalue weighted by molar-refractivity contribution is -0.559. The van der Waals surface area contributed by atoms with Crippen molar-refractivity contribution in [1.82, 2.24) is 0 Å². The monoisotopic (exact) mass is 261 g/mol. The first-order valence-electron chi connectivity index (χ1n) is 4.35. The predicted molar refractivity (Wildman–Crippen MR) is 62.1 cm³/mol. The maximum absolute atomic E-state index is 10.6. The average molecular weight is 262 g/mol. The van der Waals surface area contributed by atoms with Crippen LogP contribution >= 0.6 is 23.2 Å². The van der Waals surface area contributed by atoms with E-state index in [1.165, 1.54) is 19.9 Å². The second-order valence-corrected chi connectivity index (χ2v) is 4.39. The highest BCUT2D eigenvalue weighted by molar-refractivity contribution is 6.35. The van der Waals surface area contributed by atoms with Crippen LogP contribution in [0.2, 0.25) is 10.0 Å².